The fourth-order valence-electron chi connectivity index (χ4n) is 3.89. The Morgan fingerprint density at radius 1 is 1.23 bits per heavy atom. The van der Waals surface area contributed by atoms with Gasteiger partial charge in [-0.15, -0.1) is 5.10 Å². The van der Waals surface area contributed by atoms with E-state index in [1.54, 1.807) is 23.6 Å². The number of amides is 1. The van der Waals surface area contributed by atoms with Crippen LogP contribution in [0, 0.1) is 6.92 Å². The van der Waals surface area contributed by atoms with E-state index in [1.165, 1.54) is 12.1 Å². The molecule has 0 aliphatic carbocycles. The van der Waals surface area contributed by atoms with Crippen molar-refractivity contribution in [2.45, 2.75) is 45.6 Å². The van der Waals surface area contributed by atoms with Crippen LogP contribution in [0.25, 0.3) is 5.78 Å². The number of halogens is 2. The Labute approximate surface area is 173 Å². The third-order valence-electron chi connectivity index (χ3n) is 5.48. The molecule has 0 bridgehead atoms. The highest BCUT2D eigenvalue weighted by Gasteiger charge is 2.25. The maximum absolute atomic E-state index is 12.9. The fraction of sp³-hybridized carbons (Fsp3) is 0.429. The van der Waals surface area contributed by atoms with Crippen LogP contribution in [0.15, 0.2) is 30.3 Å². The minimum Gasteiger partial charge on any atom is -0.349 e. The molecule has 1 aliphatic heterocycles. The largest absolute Gasteiger partial charge is 0.349 e. The number of alkyl halides is 2. The average molecular weight is 414 g/mol. The molecule has 0 saturated carbocycles. The number of aromatic nitrogens is 4. The molecule has 1 saturated heterocycles. The molecule has 3 aromatic rings. The molecule has 3 heterocycles. The molecule has 0 unspecified atom stereocenters. The van der Waals surface area contributed by atoms with Crippen LogP contribution in [-0.4, -0.2) is 43.5 Å². The third-order valence-corrected chi connectivity index (χ3v) is 5.48. The molecular formula is C21H24F2N6O. The summed E-state index contributed by atoms with van der Waals surface area (Å²) in [7, 11) is 0. The number of piperidine rings is 1. The summed E-state index contributed by atoms with van der Waals surface area (Å²) in [6.45, 7) is 5.31. The van der Waals surface area contributed by atoms with Crippen molar-refractivity contribution in [2.75, 3.05) is 18.4 Å². The number of rotatable bonds is 5. The predicted octanol–water partition coefficient (Wildman–Crippen LogP) is 3.71. The van der Waals surface area contributed by atoms with Crippen LogP contribution >= 0.6 is 0 Å². The van der Waals surface area contributed by atoms with Crippen molar-refractivity contribution in [2.24, 2.45) is 0 Å². The van der Waals surface area contributed by atoms with Crippen molar-refractivity contribution in [1.82, 2.24) is 24.5 Å². The second-order valence-corrected chi connectivity index (χ2v) is 7.65. The van der Waals surface area contributed by atoms with Gasteiger partial charge in [0.15, 0.2) is 0 Å². The molecule has 2 aromatic heterocycles. The van der Waals surface area contributed by atoms with Gasteiger partial charge in [0, 0.05) is 43.7 Å². The number of carbonyl (C=O) groups excluding carboxylic acids is 1. The summed E-state index contributed by atoms with van der Waals surface area (Å²) < 4.78 is 27.5. The highest BCUT2D eigenvalue weighted by Crippen LogP contribution is 2.29. The van der Waals surface area contributed by atoms with Gasteiger partial charge in [-0.05, 0) is 37.5 Å². The Morgan fingerprint density at radius 3 is 2.70 bits per heavy atom. The van der Waals surface area contributed by atoms with Gasteiger partial charge in [0.1, 0.15) is 0 Å². The molecule has 0 radical (unpaired) electrons. The van der Waals surface area contributed by atoms with Crippen LogP contribution in [-0.2, 0) is 11.3 Å². The highest BCUT2D eigenvalue weighted by molar-refractivity contribution is 5.73. The van der Waals surface area contributed by atoms with Gasteiger partial charge in [0.25, 0.3) is 12.2 Å². The first-order valence-electron chi connectivity index (χ1n) is 10.0. The molecule has 9 heteroatoms. The Bertz CT molecular complexity index is 1060. The number of benzene rings is 1. The number of aryl methyl sites for hydroxylation is 1. The van der Waals surface area contributed by atoms with E-state index in [1.807, 2.05) is 17.9 Å². The van der Waals surface area contributed by atoms with Crippen molar-refractivity contribution in [3.05, 3.63) is 52.8 Å². The molecule has 1 aliphatic rings. The normalized spacial score (nSPS) is 15.2. The molecule has 1 N–H and O–H groups in total. The number of anilines is 1. The molecule has 1 amide bonds. The van der Waals surface area contributed by atoms with Gasteiger partial charge in [0.2, 0.25) is 11.9 Å². The predicted molar refractivity (Wildman–Crippen MR) is 108 cm³/mol. The summed E-state index contributed by atoms with van der Waals surface area (Å²) in [6, 6.07) is 8.31. The molecular weight excluding hydrogens is 390 g/mol. The Balaban J connectivity index is 1.53. The van der Waals surface area contributed by atoms with E-state index in [9.17, 15) is 13.6 Å². The van der Waals surface area contributed by atoms with E-state index >= 15 is 0 Å². The minimum atomic E-state index is -2.50. The van der Waals surface area contributed by atoms with E-state index in [-0.39, 0.29) is 17.4 Å². The average Bonchev–Trinajstić information content (AvgIpc) is 3.14. The molecule has 0 spiro atoms. The Hall–Kier alpha value is -3.10. The van der Waals surface area contributed by atoms with Crippen LogP contribution in [0.3, 0.4) is 0 Å². The van der Waals surface area contributed by atoms with Gasteiger partial charge < -0.3 is 10.2 Å². The van der Waals surface area contributed by atoms with Crippen LogP contribution < -0.4 is 5.32 Å². The van der Waals surface area contributed by atoms with Crippen LogP contribution in [0.4, 0.5) is 14.7 Å². The third kappa shape index (κ3) is 4.24. The molecule has 7 nitrogen and oxygen atoms in total. The van der Waals surface area contributed by atoms with Crippen molar-refractivity contribution in [3.8, 4) is 0 Å². The SMILES string of the molecule is CC(=O)N1CCC(c2cc(C)nc3nc(NCc4cccc(C(F)F)c4)nn23)CC1. The molecule has 1 aromatic carbocycles. The zero-order valence-electron chi connectivity index (χ0n) is 17.0. The van der Waals surface area contributed by atoms with Gasteiger partial charge >= 0.3 is 0 Å². The second-order valence-electron chi connectivity index (χ2n) is 7.65. The van der Waals surface area contributed by atoms with E-state index in [0.29, 0.717) is 18.3 Å². The summed E-state index contributed by atoms with van der Waals surface area (Å²) in [5.74, 6) is 1.27. The second kappa shape index (κ2) is 8.33. The maximum Gasteiger partial charge on any atom is 0.263 e. The molecule has 30 heavy (non-hydrogen) atoms. The number of likely N-dealkylation sites (tertiary alicyclic amines) is 1. The van der Waals surface area contributed by atoms with Gasteiger partial charge in [-0.25, -0.2) is 13.8 Å². The van der Waals surface area contributed by atoms with Crippen LogP contribution in [0.1, 0.15) is 54.6 Å². The summed E-state index contributed by atoms with van der Waals surface area (Å²) in [5.41, 5.74) is 2.61. The zero-order chi connectivity index (χ0) is 21.3. The summed E-state index contributed by atoms with van der Waals surface area (Å²) in [6.07, 6.45) is -0.773. The first kappa shape index (κ1) is 20.2. The summed E-state index contributed by atoms with van der Waals surface area (Å²) >= 11 is 0. The standard InChI is InChI=1S/C21H24F2N6O/c1-13-10-18(16-6-8-28(9-7-16)14(2)30)29-21(25-13)26-20(27-29)24-12-15-4-3-5-17(11-15)19(22)23/h3-5,10-11,16,19H,6-9,12H2,1-2H3,(H,24,27). The van der Waals surface area contributed by atoms with E-state index < -0.39 is 6.43 Å². The summed E-state index contributed by atoms with van der Waals surface area (Å²) in [4.78, 5) is 22.4. The van der Waals surface area contributed by atoms with Gasteiger partial charge in [-0.2, -0.15) is 9.50 Å². The Morgan fingerprint density at radius 2 is 2.00 bits per heavy atom. The van der Waals surface area contributed by atoms with Crippen molar-refractivity contribution in [3.63, 3.8) is 0 Å². The number of carbonyl (C=O) groups is 1. The number of hydrogen-bond donors (Lipinski definition) is 1. The highest BCUT2D eigenvalue weighted by atomic mass is 19.3. The van der Waals surface area contributed by atoms with E-state index in [4.69, 9.17) is 0 Å². The zero-order valence-corrected chi connectivity index (χ0v) is 17.0. The van der Waals surface area contributed by atoms with Gasteiger partial charge in [0.05, 0.1) is 5.69 Å². The molecule has 1 fully saturated rings. The monoisotopic (exact) mass is 414 g/mol. The molecule has 158 valence electrons. The molecule has 0 atom stereocenters. The summed E-state index contributed by atoms with van der Waals surface area (Å²) in [5, 5.41) is 7.67. The fourth-order valence-corrected chi connectivity index (χ4v) is 3.89. The minimum absolute atomic E-state index is 0.00579. The lowest BCUT2D eigenvalue weighted by molar-refractivity contribution is -0.129. The maximum atomic E-state index is 12.9. The Kier molecular flexibility index (Phi) is 5.61. The lowest BCUT2D eigenvalue weighted by Gasteiger charge is -2.31. The van der Waals surface area contributed by atoms with E-state index in [2.05, 4.69) is 20.4 Å². The van der Waals surface area contributed by atoms with Crippen molar-refractivity contribution >= 4 is 17.6 Å². The lowest BCUT2D eigenvalue weighted by atomic mass is 9.93. The topological polar surface area (TPSA) is 75.4 Å². The van der Waals surface area contributed by atoms with Gasteiger partial charge in [-0.1, -0.05) is 18.2 Å². The number of fused-ring (bicyclic) bond motifs is 1. The van der Waals surface area contributed by atoms with Gasteiger partial charge in [-0.3, -0.25) is 4.79 Å². The van der Waals surface area contributed by atoms with E-state index in [0.717, 1.165) is 42.9 Å². The van der Waals surface area contributed by atoms with Crippen LogP contribution in [0.2, 0.25) is 0 Å². The smallest absolute Gasteiger partial charge is 0.263 e. The van der Waals surface area contributed by atoms with Crippen LogP contribution in [0.5, 0.6) is 0 Å². The number of nitrogens with zero attached hydrogens (tertiary/aromatic N) is 5. The number of nitrogens with one attached hydrogen (secondary N) is 1. The lowest BCUT2D eigenvalue weighted by Crippen LogP contribution is -2.36. The first-order chi connectivity index (χ1) is 14.4. The first-order valence-corrected chi connectivity index (χ1v) is 10.0. The van der Waals surface area contributed by atoms with Crippen molar-refractivity contribution in [1.29, 1.82) is 0 Å². The molecule has 4 rings (SSSR count). The quantitative estimate of drug-likeness (QED) is 0.689. The number of hydrogen-bond acceptors (Lipinski definition) is 5. The van der Waals surface area contributed by atoms with Crippen molar-refractivity contribution < 1.29 is 13.6 Å².